The molecule has 0 aliphatic rings. The van der Waals surface area contributed by atoms with Gasteiger partial charge in [0.05, 0.1) is 6.61 Å². The van der Waals surface area contributed by atoms with Crippen molar-refractivity contribution in [3.05, 3.63) is 27.7 Å². The molecule has 0 saturated heterocycles. The number of hydrogen-bond donors (Lipinski definition) is 1. The highest BCUT2D eigenvalue weighted by Gasteiger charge is 2.02. The van der Waals surface area contributed by atoms with Gasteiger partial charge >= 0.3 is 0 Å². The molecule has 90 valence electrons. The molecular weight excluding hydrogens is 266 g/mol. The van der Waals surface area contributed by atoms with Crippen LogP contribution in [-0.4, -0.2) is 13.2 Å². The Morgan fingerprint density at radius 1 is 1.12 bits per heavy atom. The molecule has 2 nitrogen and oxygen atoms in total. The Morgan fingerprint density at radius 2 is 1.75 bits per heavy atom. The van der Waals surface area contributed by atoms with E-state index >= 15 is 0 Å². The average Bonchev–Trinajstić information content (AvgIpc) is 2.25. The quantitative estimate of drug-likeness (QED) is 0.811. The van der Waals surface area contributed by atoms with Crippen molar-refractivity contribution in [2.75, 3.05) is 13.2 Å². The van der Waals surface area contributed by atoms with E-state index in [1.807, 2.05) is 0 Å². The summed E-state index contributed by atoms with van der Waals surface area (Å²) in [4.78, 5) is 0. The molecule has 1 rings (SSSR count). The van der Waals surface area contributed by atoms with E-state index in [-0.39, 0.29) is 0 Å². The summed E-state index contributed by atoms with van der Waals surface area (Å²) in [5.41, 5.74) is 7.87. The summed E-state index contributed by atoms with van der Waals surface area (Å²) in [6.07, 6.45) is 3.30. The molecule has 0 radical (unpaired) electrons. The molecule has 0 fully saturated rings. The number of unbranched alkanes of at least 4 members (excludes halogenated alkanes) is 2. The van der Waals surface area contributed by atoms with Gasteiger partial charge in [0.25, 0.3) is 0 Å². The third kappa shape index (κ3) is 4.14. The van der Waals surface area contributed by atoms with Crippen molar-refractivity contribution in [3.63, 3.8) is 0 Å². The molecule has 1 aromatic carbocycles. The molecule has 1 aromatic rings. The number of benzene rings is 1. The van der Waals surface area contributed by atoms with Crippen molar-refractivity contribution in [3.8, 4) is 5.75 Å². The molecule has 3 heteroatoms. The third-order valence-electron chi connectivity index (χ3n) is 2.53. The molecule has 0 bridgehead atoms. The topological polar surface area (TPSA) is 35.2 Å². The van der Waals surface area contributed by atoms with Gasteiger partial charge in [-0.2, -0.15) is 0 Å². The Kier molecular flexibility index (Phi) is 5.85. The lowest BCUT2D eigenvalue weighted by Crippen LogP contribution is -2.02. The molecule has 0 aliphatic carbocycles. The van der Waals surface area contributed by atoms with Crippen LogP contribution in [0.15, 0.2) is 16.6 Å². The minimum Gasteiger partial charge on any atom is -0.494 e. The monoisotopic (exact) mass is 285 g/mol. The van der Waals surface area contributed by atoms with Gasteiger partial charge < -0.3 is 10.5 Å². The van der Waals surface area contributed by atoms with E-state index in [4.69, 9.17) is 10.5 Å². The Bertz CT molecular complexity index is 316. The molecule has 0 heterocycles. The summed E-state index contributed by atoms with van der Waals surface area (Å²) < 4.78 is 6.88. The maximum atomic E-state index is 5.71. The zero-order valence-corrected chi connectivity index (χ0v) is 11.6. The fourth-order valence-corrected chi connectivity index (χ4v) is 1.83. The van der Waals surface area contributed by atoms with E-state index in [1.54, 1.807) is 0 Å². The standard InChI is InChI=1S/C13H20BrNO/c1-10-8-12(9-11(2)13(10)14)16-7-5-3-4-6-15/h8-9H,3-7,15H2,1-2H3. The summed E-state index contributed by atoms with van der Waals surface area (Å²) in [6, 6.07) is 4.14. The van der Waals surface area contributed by atoms with Crippen LogP contribution in [0.2, 0.25) is 0 Å². The van der Waals surface area contributed by atoms with E-state index in [9.17, 15) is 0 Å². The summed E-state index contributed by atoms with van der Waals surface area (Å²) in [5, 5.41) is 0. The van der Waals surface area contributed by atoms with Crippen LogP contribution in [0.1, 0.15) is 30.4 Å². The first-order valence-corrected chi connectivity index (χ1v) is 6.54. The molecule has 0 amide bonds. The molecule has 0 saturated carbocycles. The summed E-state index contributed by atoms with van der Waals surface area (Å²) >= 11 is 3.55. The van der Waals surface area contributed by atoms with Crippen molar-refractivity contribution >= 4 is 15.9 Å². The lowest BCUT2D eigenvalue weighted by molar-refractivity contribution is 0.305. The molecule has 0 spiro atoms. The first kappa shape index (κ1) is 13.5. The van der Waals surface area contributed by atoms with E-state index in [0.29, 0.717) is 0 Å². The number of halogens is 1. The van der Waals surface area contributed by atoms with Crippen LogP contribution in [0.25, 0.3) is 0 Å². The number of aryl methyl sites for hydroxylation is 2. The van der Waals surface area contributed by atoms with Gasteiger partial charge in [0.15, 0.2) is 0 Å². The number of rotatable bonds is 6. The van der Waals surface area contributed by atoms with Gasteiger partial charge in [-0.15, -0.1) is 0 Å². The smallest absolute Gasteiger partial charge is 0.119 e. The van der Waals surface area contributed by atoms with Crippen molar-refractivity contribution in [1.82, 2.24) is 0 Å². The summed E-state index contributed by atoms with van der Waals surface area (Å²) in [7, 11) is 0. The largest absolute Gasteiger partial charge is 0.494 e. The molecule has 0 aliphatic heterocycles. The van der Waals surface area contributed by atoms with E-state index in [0.717, 1.165) is 38.2 Å². The number of hydrogen-bond acceptors (Lipinski definition) is 2. The predicted molar refractivity (Wildman–Crippen MR) is 72.0 cm³/mol. The van der Waals surface area contributed by atoms with Gasteiger partial charge in [0.1, 0.15) is 5.75 Å². The number of ether oxygens (including phenoxy) is 1. The zero-order chi connectivity index (χ0) is 12.0. The highest BCUT2D eigenvalue weighted by Crippen LogP contribution is 2.26. The second-order valence-electron chi connectivity index (χ2n) is 4.07. The van der Waals surface area contributed by atoms with E-state index < -0.39 is 0 Å². The minimum absolute atomic E-state index is 0.774. The second kappa shape index (κ2) is 6.92. The van der Waals surface area contributed by atoms with Crippen LogP contribution in [0.4, 0.5) is 0 Å². The fourth-order valence-electron chi connectivity index (χ4n) is 1.60. The first-order chi connectivity index (χ1) is 7.65. The molecule has 2 N–H and O–H groups in total. The van der Waals surface area contributed by atoms with E-state index in [1.165, 1.54) is 15.6 Å². The molecule has 16 heavy (non-hydrogen) atoms. The van der Waals surface area contributed by atoms with Crippen LogP contribution < -0.4 is 10.5 Å². The lowest BCUT2D eigenvalue weighted by atomic mass is 10.1. The van der Waals surface area contributed by atoms with Crippen LogP contribution in [-0.2, 0) is 0 Å². The highest BCUT2D eigenvalue weighted by molar-refractivity contribution is 9.10. The van der Waals surface area contributed by atoms with Gasteiger partial charge in [-0.05, 0) is 62.9 Å². The predicted octanol–water partition coefficient (Wildman–Crippen LogP) is 3.57. The lowest BCUT2D eigenvalue weighted by Gasteiger charge is -2.09. The van der Waals surface area contributed by atoms with Gasteiger partial charge in [-0.25, -0.2) is 0 Å². The van der Waals surface area contributed by atoms with Crippen LogP contribution in [0.5, 0.6) is 5.75 Å². The Morgan fingerprint density at radius 3 is 2.31 bits per heavy atom. The molecule has 0 unspecified atom stereocenters. The first-order valence-electron chi connectivity index (χ1n) is 5.74. The second-order valence-corrected chi connectivity index (χ2v) is 4.86. The molecule has 0 aromatic heterocycles. The summed E-state index contributed by atoms with van der Waals surface area (Å²) in [5.74, 6) is 0.964. The van der Waals surface area contributed by atoms with Crippen molar-refractivity contribution in [2.24, 2.45) is 5.73 Å². The Hall–Kier alpha value is -0.540. The fraction of sp³-hybridized carbons (Fsp3) is 0.538. The van der Waals surface area contributed by atoms with Gasteiger partial charge in [-0.1, -0.05) is 15.9 Å². The van der Waals surface area contributed by atoms with Crippen molar-refractivity contribution in [1.29, 1.82) is 0 Å². The third-order valence-corrected chi connectivity index (χ3v) is 3.78. The highest BCUT2D eigenvalue weighted by atomic mass is 79.9. The average molecular weight is 286 g/mol. The van der Waals surface area contributed by atoms with Gasteiger partial charge in [0, 0.05) is 4.47 Å². The summed E-state index contributed by atoms with van der Waals surface area (Å²) in [6.45, 7) is 5.72. The van der Waals surface area contributed by atoms with E-state index in [2.05, 4.69) is 41.9 Å². The van der Waals surface area contributed by atoms with Gasteiger partial charge in [0.2, 0.25) is 0 Å². The van der Waals surface area contributed by atoms with Crippen LogP contribution in [0.3, 0.4) is 0 Å². The van der Waals surface area contributed by atoms with Crippen LogP contribution >= 0.6 is 15.9 Å². The van der Waals surface area contributed by atoms with Crippen molar-refractivity contribution < 1.29 is 4.74 Å². The molecular formula is C13H20BrNO. The molecule has 0 atom stereocenters. The maximum absolute atomic E-state index is 5.71. The SMILES string of the molecule is Cc1cc(OCCCCCN)cc(C)c1Br. The van der Waals surface area contributed by atoms with Gasteiger partial charge in [-0.3, -0.25) is 0 Å². The zero-order valence-electron chi connectivity index (χ0n) is 10.1. The normalized spacial score (nSPS) is 10.5. The Labute approximate surface area is 106 Å². The van der Waals surface area contributed by atoms with Crippen LogP contribution in [0, 0.1) is 13.8 Å². The Balaban J connectivity index is 2.43. The minimum atomic E-state index is 0.774. The van der Waals surface area contributed by atoms with Crippen molar-refractivity contribution in [2.45, 2.75) is 33.1 Å². The maximum Gasteiger partial charge on any atom is 0.119 e. The number of nitrogens with two attached hydrogens (primary N) is 1.